The molecule has 0 N–H and O–H groups in total. The van der Waals surface area contributed by atoms with Crippen LogP contribution in [0.4, 0.5) is 4.39 Å². The van der Waals surface area contributed by atoms with E-state index in [0.29, 0.717) is 0 Å². The van der Waals surface area contributed by atoms with Crippen molar-refractivity contribution >= 4 is 17.7 Å². The third kappa shape index (κ3) is 6.65. The van der Waals surface area contributed by atoms with E-state index in [0.717, 1.165) is 6.92 Å². The molecule has 0 saturated carbocycles. The summed E-state index contributed by atoms with van der Waals surface area (Å²) in [6.45, 7) is 3.61. The molecule has 0 aromatic heterocycles. The molecule has 0 aromatic rings. The molecule has 6 heteroatoms. The molecule has 0 aliphatic carbocycles. The Kier molecular flexibility index (Phi) is 7.09. The average Bonchev–Trinajstić information content (AvgIpc) is 2.22. The molecule has 0 heterocycles. The van der Waals surface area contributed by atoms with Gasteiger partial charge in [0.1, 0.15) is 24.5 Å². The van der Waals surface area contributed by atoms with E-state index in [2.05, 4.69) is 9.47 Å². The van der Waals surface area contributed by atoms with Crippen molar-refractivity contribution in [2.24, 2.45) is 5.92 Å². The summed E-state index contributed by atoms with van der Waals surface area (Å²) in [5.74, 6) is -2.96. The van der Waals surface area contributed by atoms with Gasteiger partial charge in [0.25, 0.3) is 0 Å². The van der Waals surface area contributed by atoms with Crippen LogP contribution in [0, 0.1) is 5.92 Å². The monoisotopic (exact) mass is 248 g/mol. The van der Waals surface area contributed by atoms with E-state index < -0.39 is 36.4 Å². The van der Waals surface area contributed by atoms with Crippen LogP contribution in [0.25, 0.3) is 0 Å². The SMILES string of the molecule is CCOC(=O)C(CC(F)COC(C)=O)C(C)=O. The third-order valence-corrected chi connectivity index (χ3v) is 2.02. The number of hydrogen-bond donors (Lipinski definition) is 0. The predicted molar refractivity (Wildman–Crippen MR) is 57.0 cm³/mol. The molecule has 98 valence electrons. The fraction of sp³-hybridized carbons (Fsp3) is 0.727. The van der Waals surface area contributed by atoms with Crippen molar-refractivity contribution in [2.45, 2.75) is 33.4 Å². The first-order chi connectivity index (χ1) is 7.88. The summed E-state index contributed by atoms with van der Waals surface area (Å²) in [6.07, 6.45) is -1.89. The highest BCUT2D eigenvalue weighted by molar-refractivity contribution is 5.97. The van der Waals surface area contributed by atoms with Crippen LogP contribution >= 0.6 is 0 Å². The minimum absolute atomic E-state index is 0.128. The number of ketones is 1. The van der Waals surface area contributed by atoms with Gasteiger partial charge < -0.3 is 9.47 Å². The van der Waals surface area contributed by atoms with Gasteiger partial charge in [-0.15, -0.1) is 0 Å². The lowest BCUT2D eigenvalue weighted by molar-refractivity contribution is -0.152. The molecule has 5 nitrogen and oxygen atoms in total. The molecule has 0 rings (SSSR count). The van der Waals surface area contributed by atoms with Crippen molar-refractivity contribution in [2.75, 3.05) is 13.2 Å². The summed E-state index contributed by atoms with van der Waals surface area (Å²) in [4.78, 5) is 33.0. The van der Waals surface area contributed by atoms with Crippen LogP contribution in [0.5, 0.6) is 0 Å². The molecule has 0 saturated heterocycles. The summed E-state index contributed by atoms with van der Waals surface area (Å²) in [7, 11) is 0. The molecular weight excluding hydrogens is 231 g/mol. The zero-order valence-corrected chi connectivity index (χ0v) is 10.2. The van der Waals surface area contributed by atoms with Gasteiger partial charge in [-0.25, -0.2) is 4.39 Å². The smallest absolute Gasteiger partial charge is 0.316 e. The van der Waals surface area contributed by atoms with Crippen molar-refractivity contribution < 1.29 is 28.2 Å². The molecule has 0 fully saturated rings. The second kappa shape index (κ2) is 7.76. The van der Waals surface area contributed by atoms with Gasteiger partial charge in [0.2, 0.25) is 0 Å². The maximum absolute atomic E-state index is 13.3. The van der Waals surface area contributed by atoms with E-state index in [9.17, 15) is 18.8 Å². The van der Waals surface area contributed by atoms with Crippen molar-refractivity contribution in [3.05, 3.63) is 0 Å². The molecule has 0 bridgehead atoms. The zero-order valence-electron chi connectivity index (χ0n) is 10.2. The Labute approximate surface area is 99.3 Å². The molecule has 2 unspecified atom stereocenters. The molecular formula is C11H17FO5. The molecule has 2 atom stereocenters. The quantitative estimate of drug-likeness (QED) is 0.497. The van der Waals surface area contributed by atoms with Gasteiger partial charge in [-0.2, -0.15) is 0 Å². The molecule has 0 radical (unpaired) electrons. The Morgan fingerprint density at radius 1 is 1.18 bits per heavy atom. The average molecular weight is 248 g/mol. The summed E-state index contributed by atoms with van der Waals surface area (Å²) < 4.78 is 22.4. The molecule has 0 aromatic carbocycles. The first kappa shape index (κ1) is 15.5. The van der Waals surface area contributed by atoms with Crippen LogP contribution in [0.2, 0.25) is 0 Å². The number of hydrogen-bond acceptors (Lipinski definition) is 5. The minimum Gasteiger partial charge on any atom is -0.465 e. The van der Waals surface area contributed by atoms with Crippen LogP contribution < -0.4 is 0 Å². The summed E-state index contributed by atoms with van der Waals surface area (Å²) in [5.41, 5.74) is 0. The first-order valence-electron chi connectivity index (χ1n) is 5.33. The normalized spacial score (nSPS) is 13.6. The highest BCUT2D eigenvalue weighted by Crippen LogP contribution is 2.13. The van der Waals surface area contributed by atoms with E-state index in [1.165, 1.54) is 6.92 Å². The van der Waals surface area contributed by atoms with Crippen molar-refractivity contribution in [1.29, 1.82) is 0 Å². The highest BCUT2D eigenvalue weighted by atomic mass is 19.1. The maximum atomic E-state index is 13.3. The predicted octanol–water partition coefficient (Wildman–Crippen LogP) is 1.05. The molecule has 17 heavy (non-hydrogen) atoms. The minimum atomic E-state index is -1.56. The van der Waals surface area contributed by atoms with Gasteiger partial charge in [-0.3, -0.25) is 14.4 Å². The van der Waals surface area contributed by atoms with Crippen LogP contribution in [0.15, 0.2) is 0 Å². The zero-order chi connectivity index (χ0) is 13.4. The fourth-order valence-electron chi connectivity index (χ4n) is 1.20. The summed E-state index contributed by atoms with van der Waals surface area (Å²) in [6, 6.07) is 0. The Morgan fingerprint density at radius 2 is 1.76 bits per heavy atom. The van der Waals surface area contributed by atoms with Crippen molar-refractivity contribution in [3.8, 4) is 0 Å². The van der Waals surface area contributed by atoms with E-state index in [1.807, 2.05) is 0 Å². The van der Waals surface area contributed by atoms with Crippen molar-refractivity contribution in [1.82, 2.24) is 0 Å². The second-order valence-corrected chi connectivity index (χ2v) is 3.55. The largest absolute Gasteiger partial charge is 0.465 e. The van der Waals surface area contributed by atoms with Gasteiger partial charge >= 0.3 is 11.9 Å². The lowest BCUT2D eigenvalue weighted by Crippen LogP contribution is -2.29. The van der Waals surface area contributed by atoms with E-state index in [4.69, 9.17) is 0 Å². The number of Topliss-reactive ketones (excluding diaryl/α,β-unsaturated/α-hetero) is 1. The fourth-order valence-corrected chi connectivity index (χ4v) is 1.20. The van der Waals surface area contributed by atoms with Crippen LogP contribution in [0.3, 0.4) is 0 Å². The third-order valence-electron chi connectivity index (χ3n) is 2.02. The number of carbonyl (C=O) groups excluding carboxylic acids is 3. The Hall–Kier alpha value is -1.46. The summed E-state index contributed by atoms with van der Waals surface area (Å²) in [5, 5.41) is 0. The molecule has 0 aliphatic heterocycles. The summed E-state index contributed by atoms with van der Waals surface area (Å²) >= 11 is 0. The van der Waals surface area contributed by atoms with E-state index in [-0.39, 0.29) is 13.0 Å². The first-order valence-corrected chi connectivity index (χ1v) is 5.33. The maximum Gasteiger partial charge on any atom is 0.316 e. The van der Waals surface area contributed by atoms with Crippen LogP contribution in [0.1, 0.15) is 27.2 Å². The van der Waals surface area contributed by atoms with Gasteiger partial charge in [-0.05, 0) is 13.8 Å². The van der Waals surface area contributed by atoms with Gasteiger partial charge in [0, 0.05) is 13.3 Å². The number of esters is 2. The Morgan fingerprint density at radius 3 is 2.18 bits per heavy atom. The Balaban J connectivity index is 4.29. The highest BCUT2D eigenvalue weighted by Gasteiger charge is 2.28. The van der Waals surface area contributed by atoms with E-state index >= 15 is 0 Å². The lowest BCUT2D eigenvalue weighted by atomic mass is 9.98. The molecule has 0 spiro atoms. The number of rotatable bonds is 7. The van der Waals surface area contributed by atoms with Gasteiger partial charge in [-0.1, -0.05) is 0 Å². The van der Waals surface area contributed by atoms with Crippen LogP contribution in [-0.4, -0.2) is 37.1 Å². The number of halogens is 1. The van der Waals surface area contributed by atoms with E-state index in [1.54, 1.807) is 6.92 Å². The number of alkyl halides is 1. The molecule has 0 amide bonds. The topological polar surface area (TPSA) is 69.7 Å². The Bertz CT molecular complexity index is 290. The second-order valence-electron chi connectivity index (χ2n) is 3.55. The molecule has 0 aliphatic rings. The van der Waals surface area contributed by atoms with Crippen molar-refractivity contribution in [3.63, 3.8) is 0 Å². The van der Waals surface area contributed by atoms with Gasteiger partial charge in [0.15, 0.2) is 0 Å². The standard InChI is InChI=1S/C11H17FO5/c1-4-16-11(15)10(7(2)13)5-9(12)6-17-8(3)14/h9-10H,4-6H2,1-3H3. The lowest BCUT2D eigenvalue weighted by Gasteiger charge is -2.15. The van der Waals surface area contributed by atoms with Gasteiger partial charge in [0.05, 0.1) is 6.61 Å². The number of ether oxygens (including phenoxy) is 2. The van der Waals surface area contributed by atoms with Crippen LogP contribution in [-0.2, 0) is 23.9 Å². The number of carbonyl (C=O) groups is 3.